The third-order valence-electron chi connectivity index (χ3n) is 2.81. The van der Waals surface area contributed by atoms with E-state index in [1.807, 2.05) is 24.3 Å². The summed E-state index contributed by atoms with van der Waals surface area (Å²) in [6, 6.07) is 3.72. The van der Waals surface area contributed by atoms with Gasteiger partial charge in [-0.25, -0.2) is 0 Å². The second kappa shape index (κ2) is 4.63. The van der Waals surface area contributed by atoms with Crippen LogP contribution in [0.1, 0.15) is 19.1 Å². The molecule has 4 nitrogen and oxygen atoms in total. The molecule has 0 radical (unpaired) electrons. The minimum Gasteiger partial charge on any atom is -0.465 e. The van der Waals surface area contributed by atoms with Crippen molar-refractivity contribution in [3.63, 3.8) is 0 Å². The van der Waals surface area contributed by atoms with E-state index in [1.54, 1.807) is 6.26 Å². The number of rotatable bonds is 4. The third kappa shape index (κ3) is 2.23. The normalized spacial score (nSPS) is 29.9. The lowest BCUT2D eigenvalue weighted by atomic mass is 9.97. The minimum absolute atomic E-state index is 0.266. The SMILES string of the molecule is CCC1(C=Cc2ccco2)COC(C=O)N1. The highest BCUT2D eigenvalue weighted by atomic mass is 16.5. The molecule has 86 valence electrons. The Morgan fingerprint density at radius 3 is 3.12 bits per heavy atom. The predicted octanol–water partition coefficient (Wildman–Crippen LogP) is 1.59. The van der Waals surface area contributed by atoms with Gasteiger partial charge in [-0.15, -0.1) is 0 Å². The van der Waals surface area contributed by atoms with Crippen LogP contribution in [0.15, 0.2) is 28.9 Å². The largest absolute Gasteiger partial charge is 0.465 e. The number of furan rings is 1. The van der Waals surface area contributed by atoms with Crippen molar-refractivity contribution in [3.8, 4) is 0 Å². The summed E-state index contributed by atoms with van der Waals surface area (Å²) in [5.41, 5.74) is -0.266. The summed E-state index contributed by atoms with van der Waals surface area (Å²) in [6.07, 6.45) is 6.65. The van der Waals surface area contributed by atoms with Gasteiger partial charge in [-0.05, 0) is 24.6 Å². The number of aldehydes is 1. The van der Waals surface area contributed by atoms with Crippen molar-refractivity contribution >= 4 is 12.4 Å². The van der Waals surface area contributed by atoms with Crippen LogP contribution in [0.3, 0.4) is 0 Å². The Labute approximate surface area is 94.3 Å². The van der Waals surface area contributed by atoms with E-state index in [1.165, 1.54) is 0 Å². The van der Waals surface area contributed by atoms with Crippen LogP contribution in [0.5, 0.6) is 0 Å². The van der Waals surface area contributed by atoms with Crippen molar-refractivity contribution in [2.75, 3.05) is 6.61 Å². The molecule has 1 aromatic rings. The van der Waals surface area contributed by atoms with E-state index in [0.717, 1.165) is 18.5 Å². The Balaban J connectivity index is 2.08. The van der Waals surface area contributed by atoms with Crippen LogP contribution in [-0.4, -0.2) is 24.7 Å². The summed E-state index contributed by atoms with van der Waals surface area (Å²) < 4.78 is 10.5. The van der Waals surface area contributed by atoms with Crippen LogP contribution < -0.4 is 5.32 Å². The van der Waals surface area contributed by atoms with Gasteiger partial charge in [-0.1, -0.05) is 13.0 Å². The number of hydrogen-bond acceptors (Lipinski definition) is 4. The van der Waals surface area contributed by atoms with Crippen LogP contribution >= 0.6 is 0 Å². The molecular formula is C12H15NO3. The van der Waals surface area contributed by atoms with Crippen LogP contribution in [-0.2, 0) is 9.53 Å². The van der Waals surface area contributed by atoms with E-state index in [2.05, 4.69) is 12.2 Å². The lowest BCUT2D eigenvalue weighted by Gasteiger charge is -2.21. The molecular weight excluding hydrogens is 206 g/mol. The molecule has 2 rings (SSSR count). The molecule has 1 N–H and O–H groups in total. The van der Waals surface area contributed by atoms with Crippen molar-refractivity contribution in [2.45, 2.75) is 25.1 Å². The maximum absolute atomic E-state index is 10.6. The molecule has 1 aromatic heterocycles. The smallest absolute Gasteiger partial charge is 0.165 e. The molecule has 2 atom stereocenters. The monoisotopic (exact) mass is 221 g/mol. The first kappa shape index (κ1) is 11.1. The first-order chi connectivity index (χ1) is 7.78. The second-order valence-electron chi connectivity index (χ2n) is 3.87. The zero-order valence-electron chi connectivity index (χ0n) is 9.18. The molecule has 1 fully saturated rings. The Morgan fingerprint density at radius 2 is 2.56 bits per heavy atom. The number of hydrogen-bond donors (Lipinski definition) is 1. The first-order valence-electron chi connectivity index (χ1n) is 5.35. The topological polar surface area (TPSA) is 51.5 Å². The fourth-order valence-electron chi connectivity index (χ4n) is 1.72. The van der Waals surface area contributed by atoms with Gasteiger partial charge in [0.15, 0.2) is 12.5 Å². The summed E-state index contributed by atoms with van der Waals surface area (Å²) in [7, 11) is 0. The van der Waals surface area contributed by atoms with Gasteiger partial charge in [0.1, 0.15) is 5.76 Å². The van der Waals surface area contributed by atoms with Gasteiger partial charge in [0.25, 0.3) is 0 Å². The van der Waals surface area contributed by atoms with Crippen LogP contribution in [0.4, 0.5) is 0 Å². The van der Waals surface area contributed by atoms with E-state index < -0.39 is 6.23 Å². The zero-order valence-corrected chi connectivity index (χ0v) is 9.18. The quantitative estimate of drug-likeness (QED) is 0.784. The van der Waals surface area contributed by atoms with Gasteiger partial charge in [0.2, 0.25) is 0 Å². The van der Waals surface area contributed by atoms with Crippen molar-refractivity contribution in [2.24, 2.45) is 0 Å². The highest BCUT2D eigenvalue weighted by Crippen LogP contribution is 2.21. The first-order valence-corrected chi connectivity index (χ1v) is 5.35. The molecule has 0 aliphatic carbocycles. The van der Waals surface area contributed by atoms with Crippen molar-refractivity contribution in [1.82, 2.24) is 5.32 Å². The molecule has 1 aliphatic rings. The maximum atomic E-state index is 10.6. The second-order valence-corrected chi connectivity index (χ2v) is 3.87. The molecule has 0 spiro atoms. The molecule has 16 heavy (non-hydrogen) atoms. The average Bonchev–Trinajstić information content (AvgIpc) is 2.96. The molecule has 2 heterocycles. The molecule has 0 saturated carbocycles. The standard InChI is InChI=1S/C12H15NO3/c1-2-12(9-16-11(8-14)13-12)6-5-10-4-3-7-15-10/h3-8,11,13H,2,9H2,1H3. The van der Waals surface area contributed by atoms with E-state index >= 15 is 0 Å². The summed E-state index contributed by atoms with van der Waals surface area (Å²) in [5.74, 6) is 0.796. The van der Waals surface area contributed by atoms with Gasteiger partial charge in [0, 0.05) is 0 Å². The fraction of sp³-hybridized carbons (Fsp3) is 0.417. The molecule has 1 aliphatic heterocycles. The van der Waals surface area contributed by atoms with E-state index in [4.69, 9.17) is 9.15 Å². The summed E-state index contributed by atoms with van der Waals surface area (Å²) in [4.78, 5) is 10.6. The highest BCUT2D eigenvalue weighted by Gasteiger charge is 2.35. The van der Waals surface area contributed by atoms with Gasteiger partial charge >= 0.3 is 0 Å². The molecule has 0 amide bonds. The molecule has 0 aromatic carbocycles. The van der Waals surface area contributed by atoms with Crippen LogP contribution in [0, 0.1) is 0 Å². The fourth-order valence-corrected chi connectivity index (χ4v) is 1.72. The Morgan fingerprint density at radius 1 is 1.69 bits per heavy atom. The molecule has 4 heteroatoms. The summed E-state index contributed by atoms with van der Waals surface area (Å²) >= 11 is 0. The van der Waals surface area contributed by atoms with Crippen molar-refractivity contribution < 1.29 is 13.9 Å². The van der Waals surface area contributed by atoms with Gasteiger partial charge in [-0.3, -0.25) is 10.1 Å². The molecule has 2 unspecified atom stereocenters. The van der Waals surface area contributed by atoms with Crippen molar-refractivity contribution in [1.29, 1.82) is 0 Å². The Bertz CT molecular complexity index is 372. The lowest BCUT2D eigenvalue weighted by molar-refractivity contribution is -0.116. The van der Waals surface area contributed by atoms with Gasteiger partial charge in [0.05, 0.1) is 18.4 Å². The van der Waals surface area contributed by atoms with E-state index in [0.29, 0.717) is 6.61 Å². The van der Waals surface area contributed by atoms with Crippen molar-refractivity contribution in [3.05, 3.63) is 30.2 Å². The summed E-state index contributed by atoms with van der Waals surface area (Å²) in [5, 5.41) is 3.15. The van der Waals surface area contributed by atoms with Crippen LogP contribution in [0.2, 0.25) is 0 Å². The average molecular weight is 221 g/mol. The maximum Gasteiger partial charge on any atom is 0.165 e. The number of nitrogens with one attached hydrogen (secondary N) is 1. The highest BCUT2D eigenvalue weighted by molar-refractivity contribution is 5.57. The number of ether oxygens (including phenoxy) is 1. The van der Waals surface area contributed by atoms with Gasteiger partial charge < -0.3 is 9.15 Å². The van der Waals surface area contributed by atoms with Gasteiger partial charge in [-0.2, -0.15) is 0 Å². The predicted molar refractivity (Wildman–Crippen MR) is 59.7 cm³/mol. The number of carbonyl (C=O) groups is 1. The Kier molecular flexibility index (Phi) is 3.22. The molecule has 0 bridgehead atoms. The third-order valence-corrected chi connectivity index (χ3v) is 2.81. The lowest BCUT2D eigenvalue weighted by Crippen LogP contribution is -2.43. The van der Waals surface area contributed by atoms with E-state index in [9.17, 15) is 4.79 Å². The number of carbonyl (C=O) groups excluding carboxylic acids is 1. The Hall–Kier alpha value is -1.39. The van der Waals surface area contributed by atoms with E-state index in [-0.39, 0.29) is 5.54 Å². The summed E-state index contributed by atoms with van der Waals surface area (Å²) in [6.45, 7) is 2.56. The minimum atomic E-state index is -0.499. The van der Waals surface area contributed by atoms with Crippen LogP contribution in [0.25, 0.3) is 6.08 Å². The molecule has 1 saturated heterocycles. The zero-order chi connectivity index (χ0) is 11.4.